The highest BCUT2D eigenvalue weighted by molar-refractivity contribution is 8.01. The number of carbonyl (C=O) groups is 1. The first kappa shape index (κ1) is 18.0. The van der Waals surface area contributed by atoms with E-state index in [0.717, 1.165) is 21.8 Å². The molecule has 132 valence electrons. The Balaban J connectivity index is 2.02. The Morgan fingerprint density at radius 2 is 1.92 bits per heavy atom. The van der Waals surface area contributed by atoms with Gasteiger partial charge in [0.1, 0.15) is 4.75 Å². The Morgan fingerprint density at radius 3 is 2.58 bits per heavy atom. The van der Waals surface area contributed by atoms with Crippen molar-refractivity contribution in [3.63, 3.8) is 0 Å². The largest absolute Gasteiger partial charge is 0.468 e. The molecule has 0 amide bonds. The summed E-state index contributed by atoms with van der Waals surface area (Å²) in [5, 5.41) is 9.72. The van der Waals surface area contributed by atoms with Gasteiger partial charge in [-0.15, -0.1) is 0 Å². The SMILES string of the molecule is COC(=O)C(C)(C)Sc1nc2ccccc2n1Cc1ccc(C#N)cc1. The van der Waals surface area contributed by atoms with Crippen molar-refractivity contribution in [1.29, 1.82) is 5.26 Å². The second-order valence-electron chi connectivity index (χ2n) is 6.38. The zero-order valence-corrected chi connectivity index (χ0v) is 15.7. The summed E-state index contributed by atoms with van der Waals surface area (Å²) in [4.78, 5) is 16.8. The van der Waals surface area contributed by atoms with Gasteiger partial charge in [-0.3, -0.25) is 4.79 Å². The fourth-order valence-electron chi connectivity index (χ4n) is 2.67. The van der Waals surface area contributed by atoms with Crippen LogP contribution in [0.5, 0.6) is 0 Å². The van der Waals surface area contributed by atoms with Crippen LogP contribution in [0, 0.1) is 11.3 Å². The molecule has 0 spiro atoms. The summed E-state index contributed by atoms with van der Waals surface area (Å²) in [6.45, 7) is 4.26. The summed E-state index contributed by atoms with van der Waals surface area (Å²) in [6.07, 6.45) is 0. The zero-order chi connectivity index (χ0) is 18.7. The van der Waals surface area contributed by atoms with Gasteiger partial charge < -0.3 is 9.30 Å². The molecule has 0 aliphatic heterocycles. The number of benzene rings is 2. The highest BCUT2D eigenvalue weighted by atomic mass is 32.2. The minimum absolute atomic E-state index is 0.292. The van der Waals surface area contributed by atoms with Gasteiger partial charge in [0.25, 0.3) is 0 Å². The van der Waals surface area contributed by atoms with Crippen molar-refractivity contribution in [2.75, 3.05) is 7.11 Å². The smallest absolute Gasteiger partial charge is 0.321 e. The van der Waals surface area contributed by atoms with Gasteiger partial charge in [0.05, 0.1) is 36.3 Å². The van der Waals surface area contributed by atoms with Crippen molar-refractivity contribution in [2.45, 2.75) is 30.3 Å². The molecule has 0 aliphatic rings. The highest BCUT2D eigenvalue weighted by Gasteiger charge is 2.32. The number of hydrogen-bond donors (Lipinski definition) is 0. The van der Waals surface area contributed by atoms with Crippen LogP contribution in [0.4, 0.5) is 0 Å². The summed E-state index contributed by atoms with van der Waals surface area (Å²) in [6, 6.07) is 17.5. The molecule has 1 heterocycles. The molecule has 0 atom stereocenters. The Kier molecular flexibility index (Phi) is 5.01. The Labute approximate surface area is 156 Å². The minimum atomic E-state index is -0.751. The van der Waals surface area contributed by atoms with Crippen molar-refractivity contribution in [3.8, 4) is 6.07 Å². The maximum absolute atomic E-state index is 12.1. The predicted molar refractivity (Wildman–Crippen MR) is 102 cm³/mol. The van der Waals surface area contributed by atoms with Crippen molar-refractivity contribution < 1.29 is 9.53 Å². The number of aromatic nitrogens is 2. The van der Waals surface area contributed by atoms with Crippen LogP contribution in [0.1, 0.15) is 25.0 Å². The van der Waals surface area contributed by atoms with Crippen LogP contribution in [0.2, 0.25) is 0 Å². The van der Waals surface area contributed by atoms with Gasteiger partial charge in [0.15, 0.2) is 5.16 Å². The number of ether oxygens (including phenoxy) is 1. The van der Waals surface area contributed by atoms with Crippen LogP contribution < -0.4 is 0 Å². The normalized spacial score (nSPS) is 11.3. The number of nitrogens with zero attached hydrogens (tertiary/aromatic N) is 3. The van der Waals surface area contributed by atoms with Crippen molar-refractivity contribution in [2.24, 2.45) is 0 Å². The lowest BCUT2D eigenvalue weighted by Crippen LogP contribution is -2.29. The van der Waals surface area contributed by atoms with E-state index in [2.05, 4.69) is 10.6 Å². The number of rotatable bonds is 5. The molecule has 2 aromatic carbocycles. The molecule has 3 aromatic rings. The molecule has 0 saturated carbocycles. The quantitative estimate of drug-likeness (QED) is 0.505. The molecule has 0 N–H and O–H groups in total. The third-order valence-corrected chi connectivity index (χ3v) is 5.24. The fourth-order valence-corrected chi connectivity index (χ4v) is 3.71. The lowest BCUT2D eigenvalue weighted by Gasteiger charge is -2.21. The van der Waals surface area contributed by atoms with Crippen molar-refractivity contribution >= 4 is 28.8 Å². The van der Waals surface area contributed by atoms with Gasteiger partial charge >= 0.3 is 5.97 Å². The number of methoxy groups -OCH3 is 1. The molecule has 26 heavy (non-hydrogen) atoms. The number of thioether (sulfide) groups is 1. The minimum Gasteiger partial charge on any atom is -0.468 e. The molecule has 0 aliphatic carbocycles. The van der Waals surface area contributed by atoms with Crippen LogP contribution in [-0.4, -0.2) is 27.4 Å². The second-order valence-corrected chi connectivity index (χ2v) is 7.97. The average Bonchev–Trinajstić information content (AvgIpc) is 2.98. The summed E-state index contributed by atoms with van der Waals surface area (Å²) >= 11 is 1.38. The van der Waals surface area contributed by atoms with Crippen LogP contribution in [0.3, 0.4) is 0 Å². The summed E-state index contributed by atoms with van der Waals surface area (Å²) in [5.41, 5.74) is 3.57. The Morgan fingerprint density at radius 1 is 1.23 bits per heavy atom. The molecular weight excluding hydrogens is 346 g/mol. The van der Waals surface area contributed by atoms with Gasteiger partial charge in [0.2, 0.25) is 0 Å². The van der Waals surface area contributed by atoms with E-state index < -0.39 is 4.75 Å². The maximum Gasteiger partial charge on any atom is 0.321 e. The molecule has 0 bridgehead atoms. The third kappa shape index (κ3) is 3.58. The molecule has 5 nitrogen and oxygen atoms in total. The standard InChI is InChI=1S/C20H19N3O2S/c1-20(2,18(24)25-3)26-19-22-16-6-4-5-7-17(16)23(19)13-15-10-8-14(12-21)9-11-15/h4-11H,13H2,1-3H3. The number of carbonyl (C=O) groups excluding carboxylic acids is 1. The van der Waals surface area contributed by atoms with E-state index >= 15 is 0 Å². The molecular formula is C20H19N3O2S. The second kappa shape index (κ2) is 7.22. The van der Waals surface area contributed by atoms with Gasteiger partial charge in [-0.25, -0.2) is 4.98 Å². The first-order chi connectivity index (χ1) is 12.4. The molecule has 0 saturated heterocycles. The van der Waals surface area contributed by atoms with Gasteiger partial charge in [-0.1, -0.05) is 36.0 Å². The van der Waals surface area contributed by atoms with E-state index in [0.29, 0.717) is 12.1 Å². The maximum atomic E-state index is 12.1. The van der Waals surface area contributed by atoms with Crippen LogP contribution in [-0.2, 0) is 16.1 Å². The lowest BCUT2D eigenvalue weighted by molar-refractivity contribution is -0.142. The number of fused-ring (bicyclic) bond motifs is 1. The molecule has 3 rings (SSSR count). The number of hydrogen-bond acceptors (Lipinski definition) is 5. The van der Waals surface area contributed by atoms with Crippen LogP contribution in [0.25, 0.3) is 11.0 Å². The summed E-state index contributed by atoms with van der Waals surface area (Å²) in [5.74, 6) is -0.292. The monoisotopic (exact) mass is 365 g/mol. The van der Waals surface area contributed by atoms with E-state index in [4.69, 9.17) is 15.0 Å². The topological polar surface area (TPSA) is 67.9 Å². The van der Waals surface area contributed by atoms with Gasteiger partial charge in [-0.05, 0) is 43.7 Å². The lowest BCUT2D eigenvalue weighted by atomic mass is 10.1. The molecule has 1 aromatic heterocycles. The Bertz CT molecular complexity index is 984. The average molecular weight is 365 g/mol. The number of esters is 1. The highest BCUT2D eigenvalue weighted by Crippen LogP contribution is 2.35. The van der Waals surface area contributed by atoms with E-state index in [1.165, 1.54) is 18.9 Å². The molecule has 6 heteroatoms. The van der Waals surface area contributed by atoms with E-state index in [9.17, 15) is 4.79 Å². The summed E-state index contributed by atoms with van der Waals surface area (Å²) < 4.78 is 6.26. The Hall–Kier alpha value is -2.78. The predicted octanol–water partition coefficient (Wildman–Crippen LogP) is 4.00. The number of imidazole rings is 1. The third-order valence-electron chi connectivity index (χ3n) is 4.07. The summed E-state index contributed by atoms with van der Waals surface area (Å²) in [7, 11) is 1.39. The van der Waals surface area contributed by atoms with Crippen molar-refractivity contribution in [1.82, 2.24) is 9.55 Å². The van der Waals surface area contributed by atoms with E-state index in [1.54, 1.807) is 12.1 Å². The number of para-hydroxylation sites is 2. The zero-order valence-electron chi connectivity index (χ0n) is 14.9. The molecule has 0 fully saturated rings. The van der Waals surface area contributed by atoms with Crippen LogP contribution in [0.15, 0.2) is 53.7 Å². The van der Waals surface area contributed by atoms with Crippen molar-refractivity contribution in [3.05, 3.63) is 59.7 Å². The van der Waals surface area contributed by atoms with Gasteiger partial charge in [0, 0.05) is 0 Å². The molecule has 0 radical (unpaired) electrons. The number of nitriles is 1. The van der Waals surface area contributed by atoms with E-state index in [1.807, 2.05) is 50.2 Å². The first-order valence-corrected chi connectivity index (χ1v) is 8.98. The van der Waals surface area contributed by atoms with Crippen LogP contribution >= 0.6 is 11.8 Å². The first-order valence-electron chi connectivity index (χ1n) is 8.16. The fraction of sp³-hybridized carbons (Fsp3) is 0.250. The van der Waals surface area contributed by atoms with E-state index in [-0.39, 0.29) is 5.97 Å². The molecule has 0 unspecified atom stereocenters. The van der Waals surface area contributed by atoms with Gasteiger partial charge in [-0.2, -0.15) is 5.26 Å².